The van der Waals surface area contributed by atoms with Gasteiger partial charge in [-0.1, -0.05) is 48.5 Å². The van der Waals surface area contributed by atoms with Gasteiger partial charge in [-0.3, -0.25) is 0 Å². The number of anilines is 1. The Balaban J connectivity index is 1.49. The molecule has 5 rings (SSSR count). The molecule has 0 unspecified atom stereocenters. The first kappa shape index (κ1) is 18.6. The Morgan fingerprint density at radius 2 is 1.67 bits per heavy atom. The van der Waals surface area contributed by atoms with Gasteiger partial charge in [0.15, 0.2) is 5.82 Å². The van der Waals surface area contributed by atoms with Gasteiger partial charge in [0.25, 0.3) is 0 Å². The highest BCUT2D eigenvalue weighted by Crippen LogP contribution is 2.35. The van der Waals surface area contributed by atoms with Crippen LogP contribution in [0.25, 0.3) is 10.9 Å². The number of para-hydroxylation sites is 1. The summed E-state index contributed by atoms with van der Waals surface area (Å²) in [5, 5.41) is 9.34. The zero-order valence-electron chi connectivity index (χ0n) is 16.0. The third-order valence-corrected chi connectivity index (χ3v) is 5.36. The van der Waals surface area contributed by atoms with Gasteiger partial charge in [-0.2, -0.15) is 13.2 Å². The summed E-state index contributed by atoms with van der Waals surface area (Å²) in [5.41, 5.74) is 1.11. The second-order valence-electron chi connectivity index (χ2n) is 7.31. The first-order chi connectivity index (χ1) is 14.5. The zero-order chi connectivity index (χ0) is 20.7. The first-order valence-electron chi connectivity index (χ1n) is 9.66. The summed E-state index contributed by atoms with van der Waals surface area (Å²) < 4.78 is 42.3. The van der Waals surface area contributed by atoms with Crippen LogP contribution >= 0.6 is 0 Å². The average molecular weight is 409 g/mol. The molecule has 5 nitrogen and oxygen atoms in total. The number of alkyl halides is 3. The predicted octanol–water partition coefficient (Wildman–Crippen LogP) is 4.46. The van der Waals surface area contributed by atoms with Crippen LogP contribution in [0.15, 0.2) is 60.7 Å². The molecule has 0 fully saturated rings. The highest BCUT2D eigenvalue weighted by Gasteiger charge is 2.34. The summed E-state index contributed by atoms with van der Waals surface area (Å²) in [6, 6.07) is 18.1. The average Bonchev–Trinajstić information content (AvgIpc) is 3.15. The molecule has 8 heteroatoms. The van der Waals surface area contributed by atoms with Crippen molar-refractivity contribution in [2.45, 2.75) is 25.7 Å². The maximum absolute atomic E-state index is 13.4. The van der Waals surface area contributed by atoms with Crippen LogP contribution in [0, 0.1) is 0 Å². The number of hydrogen-bond acceptors (Lipinski definition) is 4. The summed E-state index contributed by atoms with van der Waals surface area (Å²) in [4.78, 5) is 5.74. The molecule has 2 aromatic heterocycles. The molecule has 0 radical (unpaired) electrons. The van der Waals surface area contributed by atoms with Crippen molar-refractivity contribution in [2.75, 3.05) is 11.4 Å². The van der Waals surface area contributed by atoms with Crippen LogP contribution in [-0.2, 0) is 25.7 Å². The van der Waals surface area contributed by atoms with Crippen molar-refractivity contribution in [1.82, 2.24) is 19.7 Å². The summed E-state index contributed by atoms with van der Waals surface area (Å²) in [6.45, 7) is 1.58. The molecule has 1 aliphatic heterocycles. The topological polar surface area (TPSA) is 46.8 Å². The maximum atomic E-state index is 13.4. The Morgan fingerprint density at radius 1 is 0.900 bits per heavy atom. The van der Waals surface area contributed by atoms with Crippen LogP contribution in [0.2, 0.25) is 0 Å². The lowest BCUT2D eigenvalue weighted by Crippen LogP contribution is -2.34. The molecule has 152 valence electrons. The third-order valence-electron chi connectivity index (χ3n) is 5.36. The van der Waals surface area contributed by atoms with E-state index in [0.29, 0.717) is 42.6 Å². The lowest BCUT2D eigenvalue weighted by Gasteiger charge is -2.31. The highest BCUT2D eigenvalue weighted by molar-refractivity contribution is 5.92. The fourth-order valence-electron chi connectivity index (χ4n) is 3.90. The molecule has 0 saturated carbocycles. The Hall–Kier alpha value is -3.42. The van der Waals surface area contributed by atoms with Gasteiger partial charge in [0.2, 0.25) is 0 Å². The molecule has 0 saturated heterocycles. The Labute approximate surface area is 170 Å². The third kappa shape index (κ3) is 3.38. The van der Waals surface area contributed by atoms with E-state index in [4.69, 9.17) is 0 Å². The molecule has 4 aromatic rings. The van der Waals surface area contributed by atoms with E-state index in [1.807, 2.05) is 41.3 Å². The number of aromatic nitrogens is 4. The zero-order valence-corrected chi connectivity index (χ0v) is 16.0. The van der Waals surface area contributed by atoms with Crippen LogP contribution in [-0.4, -0.2) is 26.3 Å². The van der Waals surface area contributed by atoms with Crippen molar-refractivity contribution in [3.63, 3.8) is 0 Å². The summed E-state index contributed by atoms with van der Waals surface area (Å²) in [5.74, 6) is 1.62. The Bertz CT molecular complexity index is 1200. The van der Waals surface area contributed by atoms with E-state index in [9.17, 15) is 13.2 Å². The van der Waals surface area contributed by atoms with E-state index in [1.54, 1.807) is 18.2 Å². The number of fused-ring (bicyclic) bond motifs is 2. The fourth-order valence-corrected chi connectivity index (χ4v) is 3.90. The molecule has 0 N–H and O–H groups in total. The van der Waals surface area contributed by atoms with Gasteiger partial charge in [-0.25, -0.2) is 4.98 Å². The van der Waals surface area contributed by atoms with E-state index in [1.165, 1.54) is 0 Å². The Morgan fingerprint density at radius 3 is 2.47 bits per heavy atom. The van der Waals surface area contributed by atoms with Gasteiger partial charge in [-0.05, 0) is 17.7 Å². The number of pyridine rings is 1. The summed E-state index contributed by atoms with van der Waals surface area (Å²) in [6.07, 6.45) is -3.83. The van der Waals surface area contributed by atoms with Gasteiger partial charge in [-0.15, -0.1) is 10.2 Å². The first-order valence-corrected chi connectivity index (χ1v) is 9.66. The molecule has 2 aromatic carbocycles. The second-order valence-corrected chi connectivity index (χ2v) is 7.31. The molecule has 30 heavy (non-hydrogen) atoms. The standard InChI is InChI=1S/C22H18F3N5/c23-22(24,25)19-13-18(16-8-4-5-9-17(16)26-19)29-10-11-30-20(27-28-21(30)14-29)12-15-6-2-1-3-7-15/h1-9,13H,10-12,14H2. The van der Waals surface area contributed by atoms with Crippen LogP contribution < -0.4 is 4.90 Å². The minimum Gasteiger partial charge on any atom is -0.362 e. The molecule has 0 atom stereocenters. The van der Waals surface area contributed by atoms with Gasteiger partial charge in [0, 0.05) is 30.6 Å². The Kier molecular flexibility index (Phi) is 4.42. The summed E-state index contributed by atoms with van der Waals surface area (Å²) in [7, 11) is 0. The molecule has 3 heterocycles. The molecule has 0 aliphatic carbocycles. The fraction of sp³-hybridized carbons (Fsp3) is 0.227. The van der Waals surface area contributed by atoms with Crippen LogP contribution in [0.3, 0.4) is 0 Å². The van der Waals surface area contributed by atoms with Crippen molar-refractivity contribution < 1.29 is 13.2 Å². The van der Waals surface area contributed by atoms with Crippen molar-refractivity contribution in [2.24, 2.45) is 0 Å². The smallest absolute Gasteiger partial charge is 0.362 e. The second kappa shape index (κ2) is 7.12. The van der Waals surface area contributed by atoms with E-state index in [-0.39, 0.29) is 0 Å². The maximum Gasteiger partial charge on any atom is 0.433 e. The van der Waals surface area contributed by atoms with Gasteiger partial charge >= 0.3 is 6.18 Å². The number of hydrogen-bond donors (Lipinski definition) is 0. The van der Waals surface area contributed by atoms with Crippen LogP contribution in [0.1, 0.15) is 22.9 Å². The van der Waals surface area contributed by atoms with Crippen molar-refractivity contribution >= 4 is 16.6 Å². The number of halogens is 3. The SMILES string of the molecule is FC(F)(F)c1cc(N2CCn3c(Cc4ccccc4)nnc3C2)c2ccccc2n1. The highest BCUT2D eigenvalue weighted by atomic mass is 19.4. The molecular formula is C22H18F3N5. The normalized spacial score (nSPS) is 14.2. The van der Waals surface area contributed by atoms with Crippen LogP contribution in [0.4, 0.5) is 18.9 Å². The summed E-state index contributed by atoms with van der Waals surface area (Å²) >= 11 is 0. The molecule has 1 aliphatic rings. The minimum absolute atomic E-state index is 0.333. The number of benzene rings is 2. The van der Waals surface area contributed by atoms with Crippen LogP contribution in [0.5, 0.6) is 0 Å². The van der Waals surface area contributed by atoms with E-state index in [0.717, 1.165) is 23.3 Å². The molecular weight excluding hydrogens is 391 g/mol. The van der Waals surface area contributed by atoms with Gasteiger partial charge in [0.1, 0.15) is 11.5 Å². The van der Waals surface area contributed by atoms with E-state index < -0.39 is 11.9 Å². The molecule has 0 spiro atoms. The van der Waals surface area contributed by atoms with E-state index >= 15 is 0 Å². The van der Waals surface area contributed by atoms with Crippen molar-refractivity contribution in [3.8, 4) is 0 Å². The molecule has 0 amide bonds. The predicted molar refractivity (Wildman–Crippen MR) is 107 cm³/mol. The lowest BCUT2D eigenvalue weighted by atomic mass is 10.1. The number of nitrogens with zero attached hydrogens (tertiary/aromatic N) is 5. The molecule has 0 bridgehead atoms. The van der Waals surface area contributed by atoms with Gasteiger partial charge < -0.3 is 9.47 Å². The largest absolute Gasteiger partial charge is 0.433 e. The van der Waals surface area contributed by atoms with E-state index in [2.05, 4.69) is 19.7 Å². The van der Waals surface area contributed by atoms with Gasteiger partial charge in [0.05, 0.1) is 12.1 Å². The monoisotopic (exact) mass is 409 g/mol. The minimum atomic E-state index is -4.50. The lowest BCUT2D eigenvalue weighted by molar-refractivity contribution is -0.140. The number of rotatable bonds is 3. The van der Waals surface area contributed by atoms with Crippen molar-refractivity contribution in [3.05, 3.63) is 83.6 Å². The quantitative estimate of drug-likeness (QED) is 0.501. The van der Waals surface area contributed by atoms with Crippen molar-refractivity contribution in [1.29, 1.82) is 0 Å².